The molecule has 0 fully saturated rings. The van der Waals surface area contributed by atoms with Crippen molar-refractivity contribution in [3.8, 4) is 10.7 Å². The van der Waals surface area contributed by atoms with Gasteiger partial charge in [0, 0.05) is 29.2 Å². The SMILES string of the molecule is O=C(Nc1nc(-c2cccs2)ns1)c1cccc([N+](=O)[O-])c1. The first-order chi connectivity index (χ1) is 10.6. The van der Waals surface area contributed by atoms with E-state index in [-0.39, 0.29) is 11.3 Å². The molecular weight excluding hydrogens is 324 g/mol. The predicted octanol–water partition coefficient (Wildman–Crippen LogP) is 3.43. The number of non-ortho nitro benzene ring substituents is 1. The summed E-state index contributed by atoms with van der Waals surface area (Å²) in [4.78, 5) is 27.4. The fraction of sp³-hybridized carbons (Fsp3) is 0. The van der Waals surface area contributed by atoms with E-state index in [1.165, 1.54) is 35.6 Å². The quantitative estimate of drug-likeness (QED) is 0.583. The van der Waals surface area contributed by atoms with Crippen LogP contribution in [0.5, 0.6) is 0 Å². The van der Waals surface area contributed by atoms with E-state index in [0.29, 0.717) is 11.0 Å². The third-order valence-electron chi connectivity index (χ3n) is 2.71. The van der Waals surface area contributed by atoms with Crippen molar-refractivity contribution >= 4 is 39.6 Å². The molecule has 9 heteroatoms. The molecule has 0 unspecified atom stereocenters. The molecule has 0 saturated carbocycles. The van der Waals surface area contributed by atoms with Crippen molar-refractivity contribution in [3.63, 3.8) is 0 Å². The zero-order valence-electron chi connectivity index (χ0n) is 10.9. The number of carbonyl (C=O) groups is 1. The Bertz CT molecular complexity index is 829. The fourth-order valence-corrected chi connectivity index (χ4v) is 3.00. The van der Waals surface area contributed by atoms with Crippen molar-refractivity contribution in [2.75, 3.05) is 5.32 Å². The Labute approximate surface area is 132 Å². The number of nitro benzene ring substituents is 1. The van der Waals surface area contributed by atoms with Gasteiger partial charge in [0.1, 0.15) is 0 Å². The molecule has 7 nitrogen and oxygen atoms in total. The van der Waals surface area contributed by atoms with E-state index in [0.717, 1.165) is 16.4 Å². The molecule has 0 bridgehead atoms. The van der Waals surface area contributed by atoms with Gasteiger partial charge in [0.25, 0.3) is 11.6 Å². The molecule has 22 heavy (non-hydrogen) atoms. The standard InChI is InChI=1S/C13H8N4O3S2/c18-12(8-3-1-4-9(7-8)17(19)20)15-13-14-11(16-22-13)10-5-2-6-21-10/h1-7H,(H,14,15,16,18). The molecule has 0 aliphatic heterocycles. The number of nitrogens with zero attached hydrogens (tertiary/aromatic N) is 3. The number of rotatable bonds is 4. The summed E-state index contributed by atoms with van der Waals surface area (Å²) in [5.41, 5.74) is 0.0614. The lowest BCUT2D eigenvalue weighted by atomic mass is 10.2. The molecule has 0 radical (unpaired) electrons. The summed E-state index contributed by atoms with van der Waals surface area (Å²) >= 11 is 2.56. The zero-order chi connectivity index (χ0) is 15.5. The minimum Gasteiger partial charge on any atom is -0.297 e. The van der Waals surface area contributed by atoms with Gasteiger partial charge in [0.15, 0.2) is 5.82 Å². The van der Waals surface area contributed by atoms with Crippen LogP contribution in [-0.2, 0) is 0 Å². The van der Waals surface area contributed by atoms with Gasteiger partial charge in [-0.25, -0.2) is 0 Å². The van der Waals surface area contributed by atoms with Crippen LogP contribution in [0.3, 0.4) is 0 Å². The minimum atomic E-state index is -0.545. The second kappa shape index (κ2) is 6.00. The van der Waals surface area contributed by atoms with Crippen LogP contribution in [0.2, 0.25) is 0 Å². The monoisotopic (exact) mass is 332 g/mol. The number of thiophene rings is 1. The zero-order valence-corrected chi connectivity index (χ0v) is 12.6. The molecule has 0 aliphatic carbocycles. The van der Waals surface area contributed by atoms with Crippen LogP contribution in [0.4, 0.5) is 10.8 Å². The van der Waals surface area contributed by atoms with Crippen LogP contribution in [0.1, 0.15) is 10.4 Å². The van der Waals surface area contributed by atoms with Gasteiger partial charge in [-0.05, 0) is 17.5 Å². The number of hydrogen-bond donors (Lipinski definition) is 1. The number of hydrogen-bond acceptors (Lipinski definition) is 7. The molecule has 0 aliphatic rings. The summed E-state index contributed by atoms with van der Waals surface area (Å²) in [5, 5.41) is 15.6. The number of carbonyl (C=O) groups excluding carboxylic acids is 1. The van der Waals surface area contributed by atoms with Gasteiger partial charge in [0.05, 0.1) is 9.80 Å². The van der Waals surface area contributed by atoms with Crippen LogP contribution in [-0.4, -0.2) is 20.2 Å². The molecular formula is C13H8N4O3S2. The number of nitrogens with one attached hydrogen (secondary N) is 1. The molecule has 2 aromatic heterocycles. The second-order valence-electron chi connectivity index (χ2n) is 4.16. The molecule has 1 amide bonds. The van der Waals surface area contributed by atoms with E-state index in [9.17, 15) is 14.9 Å². The van der Waals surface area contributed by atoms with Gasteiger partial charge >= 0.3 is 0 Å². The van der Waals surface area contributed by atoms with Crippen LogP contribution in [0, 0.1) is 10.1 Å². The second-order valence-corrected chi connectivity index (χ2v) is 5.86. The predicted molar refractivity (Wildman–Crippen MR) is 84.3 cm³/mol. The van der Waals surface area contributed by atoms with Crippen LogP contribution >= 0.6 is 22.9 Å². The highest BCUT2D eigenvalue weighted by atomic mass is 32.1. The fourth-order valence-electron chi connectivity index (χ4n) is 1.71. The van der Waals surface area contributed by atoms with Gasteiger partial charge in [0.2, 0.25) is 5.13 Å². The Kier molecular flexibility index (Phi) is 3.90. The molecule has 0 atom stereocenters. The third-order valence-corrected chi connectivity index (χ3v) is 4.20. The Morgan fingerprint density at radius 3 is 2.86 bits per heavy atom. The molecule has 2 heterocycles. The Morgan fingerprint density at radius 2 is 2.14 bits per heavy atom. The minimum absolute atomic E-state index is 0.135. The lowest BCUT2D eigenvalue weighted by Crippen LogP contribution is -2.11. The van der Waals surface area contributed by atoms with Crippen molar-refractivity contribution in [2.45, 2.75) is 0 Å². The summed E-state index contributed by atoms with van der Waals surface area (Å²) in [5.74, 6) is 0.0897. The molecule has 110 valence electrons. The molecule has 0 spiro atoms. The molecule has 1 aromatic carbocycles. The van der Waals surface area contributed by atoms with Crippen molar-refractivity contribution in [1.82, 2.24) is 9.36 Å². The average Bonchev–Trinajstić information content (AvgIpc) is 3.18. The van der Waals surface area contributed by atoms with E-state index in [2.05, 4.69) is 14.7 Å². The average molecular weight is 332 g/mol. The number of anilines is 1. The summed E-state index contributed by atoms with van der Waals surface area (Å²) < 4.78 is 4.17. The van der Waals surface area contributed by atoms with E-state index < -0.39 is 10.8 Å². The highest BCUT2D eigenvalue weighted by Crippen LogP contribution is 2.25. The lowest BCUT2D eigenvalue weighted by Gasteiger charge is -2.00. The summed E-state index contributed by atoms with van der Waals surface area (Å²) in [6, 6.07) is 9.29. The Hall–Kier alpha value is -2.65. The van der Waals surface area contributed by atoms with Crippen molar-refractivity contribution in [2.24, 2.45) is 0 Å². The first kappa shape index (κ1) is 14.3. The summed E-state index contributed by atoms with van der Waals surface area (Å²) in [6.07, 6.45) is 0. The van der Waals surface area contributed by atoms with Crippen molar-refractivity contribution in [3.05, 3.63) is 57.5 Å². The van der Waals surface area contributed by atoms with Crippen molar-refractivity contribution < 1.29 is 9.72 Å². The van der Waals surface area contributed by atoms with Crippen LogP contribution in [0.25, 0.3) is 10.7 Å². The Balaban J connectivity index is 1.77. The van der Waals surface area contributed by atoms with Gasteiger partial charge in [-0.2, -0.15) is 9.36 Å². The van der Waals surface area contributed by atoms with Crippen LogP contribution in [0.15, 0.2) is 41.8 Å². The first-order valence-corrected chi connectivity index (χ1v) is 7.72. The Morgan fingerprint density at radius 1 is 1.27 bits per heavy atom. The van der Waals surface area contributed by atoms with Gasteiger partial charge in [-0.1, -0.05) is 12.1 Å². The van der Waals surface area contributed by atoms with E-state index in [1.54, 1.807) is 0 Å². The van der Waals surface area contributed by atoms with Gasteiger partial charge in [-0.15, -0.1) is 11.3 Å². The molecule has 1 N–H and O–H groups in total. The first-order valence-electron chi connectivity index (χ1n) is 6.07. The van der Waals surface area contributed by atoms with Gasteiger partial charge in [-0.3, -0.25) is 20.2 Å². The number of amides is 1. The summed E-state index contributed by atoms with van der Waals surface area (Å²) in [6.45, 7) is 0. The maximum absolute atomic E-state index is 12.1. The number of aromatic nitrogens is 2. The number of nitro groups is 1. The normalized spacial score (nSPS) is 10.4. The smallest absolute Gasteiger partial charge is 0.270 e. The van der Waals surface area contributed by atoms with Crippen LogP contribution < -0.4 is 5.32 Å². The van der Waals surface area contributed by atoms with E-state index in [1.807, 2.05) is 17.5 Å². The van der Waals surface area contributed by atoms with E-state index in [4.69, 9.17) is 0 Å². The summed E-state index contributed by atoms with van der Waals surface area (Å²) in [7, 11) is 0. The third kappa shape index (κ3) is 3.00. The molecule has 0 saturated heterocycles. The maximum atomic E-state index is 12.1. The highest BCUT2D eigenvalue weighted by molar-refractivity contribution is 7.14. The number of benzene rings is 1. The highest BCUT2D eigenvalue weighted by Gasteiger charge is 2.14. The largest absolute Gasteiger partial charge is 0.297 e. The topological polar surface area (TPSA) is 98.0 Å². The van der Waals surface area contributed by atoms with E-state index >= 15 is 0 Å². The van der Waals surface area contributed by atoms with Gasteiger partial charge < -0.3 is 0 Å². The lowest BCUT2D eigenvalue weighted by molar-refractivity contribution is -0.384. The molecule has 3 aromatic rings. The maximum Gasteiger partial charge on any atom is 0.270 e. The van der Waals surface area contributed by atoms with Crippen molar-refractivity contribution in [1.29, 1.82) is 0 Å². The molecule has 3 rings (SSSR count).